The predicted molar refractivity (Wildman–Crippen MR) is 46.6 cm³/mol. The fourth-order valence-corrected chi connectivity index (χ4v) is 1.42. The van der Waals surface area contributed by atoms with Crippen molar-refractivity contribution in [1.82, 2.24) is 5.32 Å². The Kier molecular flexibility index (Phi) is 1.91. The van der Waals surface area contributed by atoms with Gasteiger partial charge in [-0.25, -0.2) is 0 Å². The molecule has 1 nitrogen and oxygen atoms in total. The Balaban J connectivity index is 1.95. The van der Waals surface area contributed by atoms with Gasteiger partial charge in [0.25, 0.3) is 0 Å². The highest BCUT2D eigenvalue weighted by molar-refractivity contribution is 5.16. The first-order valence-corrected chi connectivity index (χ1v) is 4.22. The van der Waals surface area contributed by atoms with Crippen LogP contribution in [0.4, 0.5) is 0 Å². The molecular weight excluding hydrogens is 134 g/mol. The summed E-state index contributed by atoms with van der Waals surface area (Å²) in [4.78, 5) is 0. The molecule has 1 aliphatic heterocycles. The highest BCUT2D eigenvalue weighted by Crippen LogP contribution is 2.09. The Morgan fingerprint density at radius 2 is 2.00 bits per heavy atom. The second-order valence-electron chi connectivity index (χ2n) is 3.13. The fourth-order valence-electron chi connectivity index (χ4n) is 1.42. The minimum atomic E-state index is 0.748. The number of rotatable bonds is 2. The molecule has 0 radical (unpaired) electrons. The van der Waals surface area contributed by atoms with Crippen molar-refractivity contribution in [2.24, 2.45) is 0 Å². The van der Waals surface area contributed by atoms with Gasteiger partial charge in [-0.1, -0.05) is 30.3 Å². The maximum Gasteiger partial charge on any atom is 0.0120 e. The Morgan fingerprint density at radius 3 is 2.55 bits per heavy atom. The number of benzene rings is 1. The molecular formula is C10H13N. The molecule has 0 bridgehead atoms. The normalized spacial score (nSPS) is 22.7. The van der Waals surface area contributed by atoms with Crippen LogP contribution >= 0.6 is 0 Å². The van der Waals surface area contributed by atoms with Crippen molar-refractivity contribution >= 4 is 0 Å². The summed E-state index contributed by atoms with van der Waals surface area (Å²) in [6.07, 6.45) is 2.54. The van der Waals surface area contributed by atoms with E-state index in [1.807, 2.05) is 0 Å². The maximum absolute atomic E-state index is 3.39. The molecule has 1 heterocycles. The number of nitrogens with one attached hydrogen (secondary N) is 1. The minimum Gasteiger partial charge on any atom is -0.314 e. The third-order valence-corrected chi connectivity index (χ3v) is 2.25. The van der Waals surface area contributed by atoms with Gasteiger partial charge in [0.2, 0.25) is 0 Å². The van der Waals surface area contributed by atoms with Crippen LogP contribution < -0.4 is 5.32 Å². The molecule has 1 fully saturated rings. The smallest absolute Gasteiger partial charge is 0.0120 e. The average Bonchev–Trinajstić information content (AvgIpc) is 1.99. The van der Waals surface area contributed by atoms with Gasteiger partial charge in [0, 0.05) is 6.04 Å². The Morgan fingerprint density at radius 1 is 1.27 bits per heavy atom. The zero-order chi connectivity index (χ0) is 7.52. The molecule has 1 N–H and O–H groups in total. The van der Waals surface area contributed by atoms with Crippen molar-refractivity contribution in [3.63, 3.8) is 0 Å². The van der Waals surface area contributed by atoms with Gasteiger partial charge in [0.05, 0.1) is 0 Å². The first-order chi connectivity index (χ1) is 5.45. The lowest BCUT2D eigenvalue weighted by atomic mass is 9.98. The average molecular weight is 147 g/mol. The summed E-state index contributed by atoms with van der Waals surface area (Å²) in [6.45, 7) is 1.21. The van der Waals surface area contributed by atoms with Gasteiger partial charge in [0.15, 0.2) is 0 Å². The fraction of sp³-hybridized carbons (Fsp3) is 0.400. The Bertz CT molecular complexity index is 214. The summed E-state index contributed by atoms with van der Waals surface area (Å²) < 4.78 is 0. The third-order valence-electron chi connectivity index (χ3n) is 2.25. The van der Waals surface area contributed by atoms with Gasteiger partial charge < -0.3 is 5.32 Å². The van der Waals surface area contributed by atoms with Crippen LogP contribution in [0.3, 0.4) is 0 Å². The zero-order valence-corrected chi connectivity index (χ0v) is 6.59. The SMILES string of the molecule is c1ccc(CC2CCN2)cc1. The molecule has 1 aromatic rings. The van der Waals surface area contributed by atoms with Gasteiger partial charge in [-0.2, -0.15) is 0 Å². The summed E-state index contributed by atoms with van der Waals surface area (Å²) in [5.74, 6) is 0. The van der Waals surface area contributed by atoms with Crippen LogP contribution in [0.1, 0.15) is 12.0 Å². The molecule has 58 valence electrons. The molecule has 0 amide bonds. The van der Waals surface area contributed by atoms with Crippen molar-refractivity contribution in [3.8, 4) is 0 Å². The second-order valence-corrected chi connectivity index (χ2v) is 3.13. The quantitative estimate of drug-likeness (QED) is 0.670. The molecule has 0 saturated carbocycles. The van der Waals surface area contributed by atoms with Gasteiger partial charge in [0.1, 0.15) is 0 Å². The first-order valence-electron chi connectivity index (χ1n) is 4.22. The monoisotopic (exact) mass is 147 g/mol. The van der Waals surface area contributed by atoms with E-state index in [-0.39, 0.29) is 0 Å². The number of hydrogen-bond acceptors (Lipinski definition) is 1. The molecule has 1 unspecified atom stereocenters. The molecule has 0 aliphatic carbocycles. The van der Waals surface area contributed by atoms with Gasteiger partial charge in [-0.05, 0) is 24.9 Å². The highest BCUT2D eigenvalue weighted by atomic mass is 15.0. The van der Waals surface area contributed by atoms with Gasteiger partial charge in [-0.3, -0.25) is 0 Å². The molecule has 1 aliphatic rings. The van der Waals surface area contributed by atoms with E-state index in [1.165, 1.54) is 24.9 Å². The summed E-state index contributed by atoms with van der Waals surface area (Å²) in [7, 11) is 0. The lowest BCUT2D eigenvalue weighted by Crippen LogP contribution is -2.44. The maximum atomic E-state index is 3.39. The molecule has 1 atom stereocenters. The van der Waals surface area contributed by atoms with Gasteiger partial charge >= 0.3 is 0 Å². The predicted octanol–water partition coefficient (Wildman–Crippen LogP) is 1.59. The molecule has 0 aromatic heterocycles. The molecule has 1 saturated heterocycles. The molecule has 1 heteroatoms. The van der Waals surface area contributed by atoms with Crippen LogP contribution in [-0.2, 0) is 6.42 Å². The Labute approximate surface area is 67.4 Å². The molecule has 11 heavy (non-hydrogen) atoms. The van der Waals surface area contributed by atoms with E-state index < -0.39 is 0 Å². The van der Waals surface area contributed by atoms with E-state index in [9.17, 15) is 0 Å². The van der Waals surface area contributed by atoms with Crippen molar-refractivity contribution in [2.75, 3.05) is 6.54 Å². The second kappa shape index (κ2) is 3.05. The van der Waals surface area contributed by atoms with E-state index in [0.29, 0.717) is 0 Å². The standard InChI is InChI=1S/C10H13N/c1-2-4-9(5-3-1)8-10-6-7-11-10/h1-5,10-11H,6-8H2. The van der Waals surface area contributed by atoms with E-state index >= 15 is 0 Å². The largest absolute Gasteiger partial charge is 0.314 e. The lowest BCUT2D eigenvalue weighted by Gasteiger charge is -2.27. The topological polar surface area (TPSA) is 12.0 Å². The van der Waals surface area contributed by atoms with Gasteiger partial charge in [-0.15, -0.1) is 0 Å². The van der Waals surface area contributed by atoms with Crippen LogP contribution in [-0.4, -0.2) is 12.6 Å². The van der Waals surface area contributed by atoms with Crippen molar-refractivity contribution in [1.29, 1.82) is 0 Å². The molecule has 0 spiro atoms. The van der Waals surface area contributed by atoms with Crippen LogP contribution in [0.25, 0.3) is 0 Å². The summed E-state index contributed by atoms with van der Waals surface area (Å²) >= 11 is 0. The van der Waals surface area contributed by atoms with E-state index in [1.54, 1.807) is 0 Å². The molecule has 2 rings (SSSR count). The van der Waals surface area contributed by atoms with Crippen LogP contribution in [0, 0.1) is 0 Å². The van der Waals surface area contributed by atoms with Crippen LogP contribution in [0.5, 0.6) is 0 Å². The highest BCUT2D eigenvalue weighted by Gasteiger charge is 2.15. The third kappa shape index (κ3) is 1.60. The van der Waals surface area contributed by atoms with E-state index in [2.05, 4.69) is 35.6 Å². The minimum absolute atomic E-state index is 0.748. The zero-order valence-electron chi connectivity index (χ0n) is 6.59. The first kappa shape index (κ1) is 6.86. The van der Waals surface area contributed by atoms with Crippen molar-refractivity contribution in [2.45, 2.75) is 18.9 Å². The summed E-state index contributed by atoms with van der Waals surface area (Å²) in [6, 6.07) is 11.4. The number of hydrogen-bond donors (Lipinski definition) is 1. The Hall–Kier alpha value is -0.820. The van der Waals surface area contributed by atoms with E-state index in [0.717, 1.165) is 6.04 Å². The van der Waals surface area contributed by atoms with E-state index in [4.69, 9.17) is 0 Å². The van der Waals surface area contributed by atoms with Crippen molar-refractivity contribution < 1.29 is 0 Å². The lowest BCUT2D eigenvalue weighted by molar-refractivity contribution is 0.369. The van der Waals surface area contributed by atoms with Crippen molar-refractivity contribution in [3.05, 3.63) is 35.9 Å². The van der Waals surface area contributed by atoms with Crippen LogP contribution in [0.15, 0.2) is 30.3 Å². The summed E-state index contributed by atoms with van der Waals surface area (Å²) in [5, 5.41) is 3.39. The molecule has 1 aromatic carbocycles. The summed E-state index contributed by atoms with van der Waals surface area (Å²) in [5.41, 5.74) is 1.45. The van der Waals surface area contributed by atoms with Crippen LogP contribution in [0.2, 0.25) is 0 Å².